The van der Waals surface area contributed by atoms with Crippen LogP contribution in [-0.4, -0.2) is 42.5 Å². The number of methoxy groups -OCH3 is 1. The zero-order valence-electron chi connectivity index (χ0n) is 15.4. The molecule has 0 saturated carbocycles. The average molecular weight is 394 g/mol. The van der Waals surface area contributed by atoms with Crippen molar-refractivity contribution in [1.29, 1.82) is 0 Å². The van der Waals surface area contributed by atoms with Crippen molar-refractivity contribution in [3.05, 3.63) is 51.8 Å². The summed E-state index contributed by atoms with van der Waals surface area (Å²) in [6, 6.07) is 6.49. The van der Waals surface area contributed by atoms with Gasteiger partial charge in [-0.3, -0.25) is 4.79 Å². The van der Waals surface area contributed by atoms with Gasteiger partial charge in [0.2, 0.25) is 5.78 Å². The fraction of sp³-hybridized carbons (Fsp3) is 0.316. The number of hydrogen-bond acceptors (Lipinski definition) is 6. The summed E-state index contributed by atoms with van der Waals surface area (Å²) in [5.74, 6) is -1.24. The number of halogens is 1. The standard InChI is InChI=1S/C19H20ClNO6/c1-10-16(19(24)25-4)11(2)21-17(10)18(23)12(3)27-15(22)9-26-14-7-5-13(20)6-8-14/h5-8,12,21H,9H2,1-4H3/t12-/m0/s1. The van der Waals surface area contributed by atoms with Gasteiger partial charge < -0.3 is 19.2 Å². The molecule has 7 nitrogen and oxygen atoms in total. The van der Waals surface area contributed by atoms with E-state index in [0.29, 0.717) is 27.6 Å². The Balaban J connectivity index is 2.00. The molecule has 1 atom stereocenters. The highest BCUT2D eigenvalue weighted by atomic mass is 35.5. The van der Waals surface area contributed by atoms with E-state index >= 15 is 0 Å². The average Bonchev–Trinajstić information content (AvgIpc) is 2.94. The van der Waals surface area contributed by atoms with Crippen molar-refractivity contribution in [3.63, 3.8) is 0 Å². The molecule has 1 heterocycles. The van der Waals surface area contributed by atoms with E-state index in [0.717, 1.165) is 0 Å². The molecule has 0 unspecified atom stereocenters. The van der Waals surface area contributed by atoms with E-state index in [9.17, 15) is 14.4 Å². The molecule has 0 aliphatic carbocycles. The number of aromatic nitrogens is 1. The first-order valence-corrected chi connectivity index (χ1v) is 8.52. The summed E-state index contributed by atoms with van der Waals surface area (Å²) < 4.78 is 15.1. The van der Waals surface area contributed by atoms with Crippen molar-refractivity contribution < 1.29 is 28.6 Å². The second-order valence-electron chi connectivity index (χ2n) is 5.86. The van der Waals surface area contributed by atoms with Gasteiger partial charge in [0.05, 0.1) is 18.4 Å². The fourth-order valence-corrected chi connectivity index (χ4v) is 2.69. The summed E-state index contributed by atoms with van der Waals surface area (Å²) in [6.45, 7) is 4.39. The number of carbonyl (C=O) groups excluding carboxylic acids is 3. The molecule has 0 radical (unpaired) electrons. The number of nitrogens with one attached hydrogen (secondary N) is 1. The van der Waals surface area contributed by atoms with Crippen LogP contribution in [0.25, 0.3) is 0 Å². The lowest BCUT2D eigenvalue weighted by Gasteiger charge is -2.13. The molecular weight excluding hydrogens is 374 g/mol. The van der Waals surface area contributed by atoms with Crippen LogP contribution in [0.2, 0.25) is 5.02 Å². The maximum atomic E-state index is 12.6. The maximum Gasteiger partial charge on any atom is 0.344 e. The van der Waals surface area contributed by atoms with Crippen LogP contribution in [0.5, 0.6) is 5.75 Å². The normalized spacial score (nSPS) is 11.6. The predicted molar refractivity (Wildman–Crippen MR) is 98.4 cm³/mol. The first-order valence-electron chi connectivity index (χ1n) is 8.14. The van der Waals surface area contributed by atoms with Gasteiger partial charge in [-0.2, -0.15) is 0 Å². The molecule has 0 aliphatic rings. The Kier molecular flexibility index (Phi) is 6.63. The summed E-state index contributed by atoms with van der Waals surface area (Å²) in [7, 11) is 1.26. The topological polar surface area (TPSA) is 94.7 Å². The van der Waals surface area contributed by atoms with E-state index in [1.165, 1.54) is 14.0 Å². The highest BCUT2D eigenvalue weighted by Gasteiger charge is 2.27. The Bertz CT molecular complexity index is 856. The molecule has 1 aromatic carbocycles. The number of hydrogen-bond donors (Lipinski definition) is 1. The highest BCUT2D eigenvalue weighted by Crippen LogP contribution is 2.21. The van der Waals surface area contributed by atoms with Crippen LogP contribution in [0.3, 0.4) is 0 Å². The van der Waals surface area contributed by atoms with Crippen molar-refractivity contribution >= 4 is 29.3 Å². The number of Topliss-reactive ketones (excluding diaryl/α,β-unsaturated/α-hetero) is 1. The zero-order chi connectivity index (χ0) is 20.1. The molecule has 1 aromatic heterocycles. The largest absolute Gasteiger partial charge is 0.482 e. The molecule has 2 aromatic rings. The van der Waals surface area contributed by atoms with Crippen LogP contribution in [-0.2, 0) is 14.3 Å². The second-order valence-corrected chi connectivity index (χ2v) is 6.29. The number of aryl methyl sites for hydroxylation is 1. The van der Waals surface area contributed by atoms with Crippen molar-refractivity contribution in [3.8, 4) is 5.75 Å². The monoisotopic (exact) mass is 393 g/mol. The van der Waals surface area contributed by atoms with Crippen molar-refractivity contribution in [2.24, 2.45) is 0 Å². The minimum Gasteiger partial charge on any atom is -0.482 e. The number of carbonyl (C=O) groups is 3. The van der Waals surface area contributed by atoms with E-state index in [1.54, 1.807) is 38.1 Å². The number of ketones is 1. The first kappa shape index (κ1) is 20.5. The molecule has 1 N–H and O–H groups in total. The lowest BCUT2D eigenvalue weighted by Crippen LogP contribution is -2.28. The Morgan fingerprint density at radius 2 is 1.78 bits per heavy atom. The van der Waals surface area contributed by atoms with E-state index in [4.69, 9.17) is 25.8 Å². The fourth-order valence-electron chi connectivity index (χ4n) is 2.57. The number of aromatic amines is 1. The summed E-state index contributed by atoms with van der Waals surface area (Å²) >= 11 is 5.77. The number of H-pyrrole nitrogens is 1. The Hall–Kier alpha value is -2.80. The molecule has 0 spiro atoms. The third kappa shape index (κ3) is 4.89. The van der Waals surface area contributed by atoms with E-state index in [1.807, 2.05) is 0 Å². The summed E-state index contributed by atoms with van der Waals surface area (Å²) in [5.41, 5.74) is 1.45. The van der Waals surface area contributed by atoms with Crippen LogP contribution in [0.1, 0.15) is 39.0 Å². The molecule has 8 heteroatoms. The van der Waals surface area contributed by atoms with Crippen LogP contribution in [0, 0.1) is 13.8 Å². The molecule has 0 aliphatic heterocycles. The first-order chi connectivity index (χ1) is 12.7. The minimum atomic E-state index is -1.05. The van der Waals surface area contributed by atoms with Gasteiger partial charge in [-0.25, -0.2) is 9.59 Å². The predicted octanol–water partition coefficient (Wildman–Crippen LogP) is 3.26. The highest BCUT2D eigenvalue weighted by molar-refractivity contribution is 6.30. The number of ether oxygens (including phenoxy) is 3. The van der Waals surface area contributed by atoms with Crippen LogP contribution >= 0.6 is 11.6 Å². The van der Waals surface area contributed by atoms with Gasteiger partial charge in [-0.05, 0) is 50.6 Å². The van der Waals surface area contributed by atoms with Gasteiger partial charge in [0.25, 0.3) is 0 Å². The summed E-state index contributed by atoms with van der Waals surface area (Å²) in [5, 5.41) is 0.548. The molecule has 2 rings (SSSR count). The second kappa shape index (κ2) is 8.73. The van der Waals surface area contributed by atoms with Crippen molar-refractivity contribution in [2.75, 3.05) is 13.7 Å². The van der Waals surface area contributed by atoms with Crippen molar-refractivity contribution in [2.45, 2.75) is 26.9 Å². The quantitative estimate of drug-likeness (QED) is 0.573. The van der Waals surface area contributed by atoms with Crippen LogP contribution < -0.4 is 4.74 Å². The van der Waals surface area contributed by atoms with Crippen LogP contribution in [0.4, 0.5) is 0 Å². The number of benzene rings is 1. The zero-order valence-corrected chi connectivity index (χ0v) is 16.2. The molecule has 0 fully saturated rings. The Morgan fingerprint density at radius 1 is 1.15 bits per heavy atom. The molecule has 0 bridgehead atoms. The SMILES string of the molecule is COC(=O)c1c(C)[nH]c(C(=O)[C@H](C)OC(=O)COc2ccc(Cl)cc2)c1C. The van der Waals surface area contributed by atoms with Gasteiger partial charge in [-0.1, -0.05) is 11.6 Å². The molecule has 27 heavy (non-hydrogen) atoms. The molecular formula is C19H20ClNO6. The third-order valence-corrected chi connectivity index (χ3v) is 4.17. The van der Waals surface area contributed by atoms with Gasteiger partial charge in [0.1, 0.15) is 5.75 Å². The van der Waals surface area contributed by atoms with Gasteiger partial charge in [-0.15, -0.1) is 0 Å². The Labute approximate surface area is 161 Å². The van der Waals surface area contributed by atoms with Crippen molar-refractivity contribution in [1.82, 2.24) is 4.98 Å². The Morgan fingerprint density at radius 3 is 2.37 bits per heavy atom. The van der Waals surface area contributed by atoms with E-state index in [-0.39, 0.29) is 12.3 Å². The minimum absolute atomic E-state index is 0.201. The maximum absolute atomic E-state index is 12.6. The number of esters is 2. The van der Waals surface area contributed by atoms with Gasteiger partial charge in [0, 0.05) is 10.7 Å². The van der Waals surface area contributed by atoms with Gasteiger partial charge >= 0.3 is 11.9 Å². The van der Waals surface area contributed by atoms with Gasteiger partial charge in [0.15, 0.2) is 12.7 Å². The lowest BCUT2D eigenvalue weighted by molar-refractivity contribution is -0.148. The molecule has 0 amide bonds. The lowest BCUT2D eigenvalue weighted by atomic mass is 10.1. The summed E-state index contributed by atoms with van der Waals surface area (Å²) in [4.78, 5) is 39.2. The summed E-state index contributed by atoms with van der Waals surface area (Å²) in [6.07, 6.45) is -1.05. The van der Waals surface area contributed by atoms with E-state index in [2.05, 4.69) is 4.98 Å². The molecule has 144 valence electrons. The smallest absolute Gasteiger partial charge is 0.344 e. The third-order valence-electron chi connectivity index (χ3n) is 3.92. The number of rotatable bonds is 7. The molecule has 0 saturated heterocycles. The van der Waals surface area contributed by atoms with E-state index < -0.39 is 23.8 Å². The van der Waals surface area contributed by atoms with Crippen LogP contribution in [0.15, 0.2) is 24.3 Å².